The molecule has 0 spiro atoms. The number of aryl methyl sites for hydroxylation is 1. The molecule has 0 aliphatic carbocycles. The third-order valence-corrected chi connectivity index (χ3v) is 5.45. The molecule has 112 valence electrons. The van der Waals surface area contributed by atoms with Crippen LogP contribution in [0.2, 0.25) is 5.02 Å². The van der Waals surface area contributed by atoms with Crippen LogP contribution in [0.5, 0.6) is 0 Å². The molecule has 5 nitrogen and oxygen atoms in total. The normalized spacial score (nSPS) is 11.3. The zero-order valence-electron chi connectivity index (χ0n) is 11.2. The van der Waals surface area contributed by atoms with Gasteiger partial charge in [-0.1, -0.05) is 11.6 Å². The summed E-state index contributed by atoms with van der Waals surface area (Å²) in [5, 5.41) is 3.52. The lowest BCUT2D eigenvalue weighted by atomic mass is 10.4. The van der Waals surface area contributed by atoms with Gasteiger partial charge < -0.3 is 5.32 Å². The van der Waals surface area contributed by atoms with Crippen LogP contribution in [0.1, 0.15) is 11.3 Å². The summed E-state index contributed by atoms with van der Waals surface area (Å²) in [4.78, 5) is 16.8. The maximum Gasteiger partial charge on any atom is 0.227 e. The van der Waals surface area contributed by atoms with E-state index >= 15 is 0 Å². The van der Waals surface area contributed by atoms with Crippen molar-refractivity contribution in [3.63, 3.8) is 0 Å². The number of benzene rings is 1. The second-order valence-electron chi connectivity index (χ2n) is 4.35. The van der Waals surface area contributed by atoms with Gasteiger partial charge >= 0.3 is 0 Å². The Morgan fingerprint density at radius 3 is 2.57 bits per heavy atom. The molecule has 1 heterocycles. The molecule has 0 unspecified atom stereocenters. The zero-order valence-corrected chi connectivity index (χ0v) is 13.6. The van der Waals surface area contributed by atoms with Gasteiger partial charge in [0.15, 0.2) is 15.0 Å². The number of anilines is 1. The first-order chi connectivity index (χ1) is 9.87. The van der Waals surface area contributed by atoms with Crippen molar-refractivity contribution in [1.82, 2.24) is 4.98 Å². The molecule has 1 N–H and O–H groups in total. The average molecular weight is 345 g/mol. The molecule has 0 bridgehead atoms. The van der Waals surface area contributed by atoms with Gasteiger partial charge in [-0.3, -0.25) is 4.79 Å². The van der Waals surface area contributed by atoms with Gasteiger partial charge in [0.05, 0.1) is 10.6 Å². The lowest BCUT2D eigenvalue weighted by Crippen LogP contribution is -2.17. The maximum atomic E-state index is 12.1. The van der Waals surface area contributed by atoms with Gasteiger partial charge in [-0.05, 0) is 31.2 Å². The van der Waals surface area contributed by atoms with E-state index in [0.29, 0.717) is 10.2 Å². The van der Waals surface area contributed by atoms with E-state index < -0.39 is 9.84 Å². The lowest BCUT2D eigenvalue weighted by molar-refractivity contribution is -0.115. The summed E-state index contributed by atoms with van der Waals surface area (Å²) in [6.45, 7) is 1.87. The van der Waals surface area contributed by atoms with Crippen LogP contribution in [-0.2, 0) is 14.6 Å². The molecule has 0 fully saturated rings. The Bertz CT molecular complexity index is 739. The minimum Gasteiger partial charge on any atom is -0.302 e. The number of halogens is 1. The monoisotopic (exact) mass is 344 g/mol. The molecule has 0 radical (unpaired) electrons. The van der Waals surface area contributed by atoms with Crippen molar-refractivity contribution in [3.05, 3.63) is 40.4 Å². The molecular weight excluding hydrogens is 332 g/mol. The van der Waals surface area contributed by atoms with Crippen molar-refractivity contribution in [2.45, 2.75) is 18.2 Å². The minimum absolute atomic E-state index is 0.121. The summed E-state index contributed by atoms with van der Waals surface area (Å²) in [6, 6.07) is 5.87. The van der Waals surface area contributed by atoms with E-state index in [4.69, 9.17) is 11.6 Å². The Labute approximate surface area is 131 Å². The third kappa shape index (κ3) is 4.52. The second-order valence-corrected chi connectivity index (χ2v) is 8.13. The lowest BCUT2D eigenvalue weighted by Gasteiger charge is -2.04. The Morgan fingerprint density at radius 1 is 1.33 bits per heavy atom. The molecule has 0 atom stereocenters. The van der Waals surface area contributed by atoms with Crippen LogP contribution >= 0.6 is 22.9 Å². The summed E-state index contributed by atoms with van der Waals surface area (Å²) in [6.07, 6.45) is 1.52. The maximum absolute atomic E-state index is 12.1. The number of rotatable bonds is 5. The molecule has 0 saturated heterocycles. The number of carbonyl (C=O) groups excluding carboxylic acids is 1. The fraction of sp³-hybridized carbons (Fsp3) is 0.231. The predicted molar refractivity (Wildman–Crippen MR) is 83.6 cm³/mol. The first-order valence-corrected chi connectivity index (χ1v) is 8.92. The van der Waals surface area contributed by atoms with Crippen LogP contribution < -0.4 is 5.32 Å². The van der Waals surface area contributed by atoms with Crippen molar-refractivity contribution in [2.75, 3.05) is 11.1 Å². The predicted octanol–water partition coefficient (Wildman–Crippen LogP) is 2.91. The number of carbonyl (C=O) groups is 1. The largest absolute Gasteiger partial charge is 0.302 e. The zero-order chi connectivity index (χ0) is 15.5. The molecule has 1 amide bonds. The van der Waals surface area contributed by atoms with E-state index in [0.717, 1.165) is 4.88 Å². The van der Waals surface area contributed by atoms with E-state index in [1.165, 1.54) is 35.6 Å². The van der Waals surface area contributed by atoms with Gasteiger partial charge in [-0.2, -0.15) is 0 Å². The summed E-state index contributed by atoms with van der Waals surface area (Å²) in [7, 11) is -3.50. The highest BCUT2D eigenvalue weighted by molar-refractivity contribution is 7.91. The number of hydrogen-bond donors (Lipinski definition) is 1. The Balaban J connectivity index is 1.95. The van der Waals surface area contributed by atoms with Crippen LogP contribution in [0.4, 0.5) is 5.13 Å². The summed E-state index contributed by atoms with van der Waals surface area (Å²) < 4.78 is 24.1. The Morgan fingerprint density at radius 2 is 2.00 bits per heavy atom. The van der Waals surface area contributed by atoms with Crippen LogP contribution in [-0.4, -0.2) is 25.1 Å². The molecule has 0 aliphatic rings. The van der Waals surface area contributed by atoms with Crippen LogP contribution in [0.3, 0.4) is 0 Å². The first-order valence-electron chi connectivity index (χ1n) is 6.07. The second kappa shape index (κ2) is 6.55. The number of nitrogens with one attached hydrogen (secondary N) is 1. The molecular formula is C13H13ClN2O3S2. The smallest absolute Gasteiger partial charge is 0.227 e. The molecule has 1 aromatic heterocycles. The number of nitrogens with zero attached hydrogens (tertiary/aromatic N) is 1. The van der Waals surface area contributed by atoms with Gasteiger partial charge in [-0.15, -0.1) is 11.3 Å². The SMILES string of the molecule is Cc1cnc(NC(=O)CCS(=O)(=O)c2ccc(Cl)cc2)s1. The summed E-state index contributed by atoms with van der Waals surface area (Å²) >= 11 is 7.06. The fourth-order valence-corrected chi connectivity index (χ4v) is 3.63. The quantitative estimate of drug-likeness (QED) is 0.904. The summed E-state index contributed by atoms with van der Waals surface area (Å²) in [5.41, 5.74) is 0. The Hall–Kier alpha value is -1.44. The fourth-order valence-electron chi connectivity index (χ4n) is 1.58. The van der Waals surface area contributed by atoms with Gasteiger partial charge in [-0.25, -0.2) is 13.4 Å². The average Bonchev–Trinajstić information content (AvgIpc) is 2.82. The van der Waals surface area contributed by atoms with E-state index in [1.54, 1.807) is 6.20 Å². The van der Waals surface area contributed by atoms with Crippen molar-refractivity contribution >= 4 is 43.8 Å². The number of sulfone groups is 1. The van der Waals surface area contributed by atoms with Crippen molar-refractivity contribution in [1.29, 1.82) is 0 Å². The van der Waals surface area contributed by atoms with Gasteiger partial charge in [0.1, 0.15) is 0 Å². The highest BCUT2D eigenvalue weighted by atomic mass is 35.5. The van der Waals surface area contributed by atoms with Crippen molar-refractivity contribution < 1.29 is 13.2 Å². The number of hydrogen-bond acceptors (Lipinski definition) is 5. The van der Waals surface area contributed by atoms with Gasteiger partial charge in [0.2, 0.25) is 5.91 Å². The van der Waals surface area contributed by atoms with Crippen molar-refractivity contribution in [2.24, 2.45) is 0 Å². The molecule has 2 rings (SSSR count). The molecule has 2 aromatic rings. The summed E-state index contributed by atoms with van der Waals surface area (Å²) in [5.74, 6) is -0.632. The van der Waals surface area contributed by atoms with Gasteiger partial charge in [0.25, 0.3) is 0 Å². The molecule has 0 aliphatic heterocycles. The molecule has 8 heteroatoms. The number of thiazole rings is 1. The van der Waals surface area contributed by atoms with Crippen molar-refractivity contribution in [3.8, 4) is 0 Å². The van der Waals surface area contributed by atoms with Crippen LogP contribution in [0.15, 0.2) is 35.4 Å². The topological polar surface area (TPSA) is 76.1 Å². The Kier molecular flexibility index (Phi) is 4.97. The molecule has 21 heavy (non-hydrogen) atoms. The van der Waals surface area contributed by atoms with Crippen LogP contribution in [0.25, 0.3) is 0 Å². The van der Waals surface area contributed by atoms with E-state index in [2.05, 4.69) is 10.3 Å². The number of amides is 1. The van der Waals surface area contributed by atoms with E-state index in [9.17, 15) is 13.2 Å². The highest BCUT2D eigenvalue weighted by Crippen LogP contribution is 2.18. The first kappa shape index (κ1) is 15.9. The van der Waals surface area contributed by atoms with E-state index in [1.807, 2.05) is 6.92 Å². The highest BCUT2D eigenvalue weighted by Gasteiger charge is 2.17. The van der Waals surface area contributed by atoms with Gasteiger partial charge in [0, 0.05) is 22.5 Å². The number of aromatic nitrogens is 1. The molecule has 1 aromatic carbocycles. The standard InChI is InChI=1S/C13H13ClN2O3S2/c1-9-8-15-13(20-9)16-12(17)6-7-21(18,19)11-4-2-10(14)3-5-11/h2-5,8H,6-7H2,1H3,(H,15,16,17). The van der Waals surface area contributed by atoms with Crippen LogP contribution in [0, 0.1) is 6.92 Å². The third-order valence-electron chi connectivity index (χ3n) is 2.64. The van der Waals surface area contributed by atoms with E-state index in [-0.39, 0.29) is 23.0 Å². The minimum atomic E-state index is -3.50. The molecule has 0 saturated carbocycles.